The van der Waals surface area contributed by atoms with Gasteiger partial charge in [-0.15, -0.1) is 0 Å². The SMILES string of the molecule is COc1cc(C=Cc2nc3n(n2)CCCC3(C#N)c2cc(F)c(F)c(F)c2)ccc1-n1cnc(C)c1. The molecule has 7 nitrogen and oxygen atoms in total. The fourth-order valence-electron chi connectivity index (χ4n) is 4.49. The van der Waals surface area contributed by atoms with Crippen molar-refractivity contribution in [1.29, 1.82) is 5.26 Å². The second kappa shape index (κ2) is 9.00. The lowest BCUT2D eigenvalue weighted by atomic mass is 9.75. The Kier molecular flexibility index (Phi) is 5.84. The molecule has 10 heteroatoms. The number of aryl methyl sites for hydroxylation is 2. The zero-order chi connectivity index (χ0) is 25.4. The van der Waals surface area contributed by atoms with Crippen molar-refractivity contribution in [3.05, 3.63) is 88.8 Å². The van der Waals surface area contributed by atoms with Gasteiger partial charge in [0.2, 0.25) is 0 Å². The third-order valence-electron chi connectivity index (χ3n) is 6.28. The van der Waals surface area contributed by atoms with Crippen molar-refractivity contribution in [3.8, 4) is 17.5 Å². The van der Waals surface area contributed by atoms with Crippen LogP contribution in [-0.2, 0) is 12.0 Å². The highest BCUT2D eigenvalue weighted by Gasteiger charge is 2.43. The van der Waals surface area contributed by atoms with Gasteiger partial charge in [-0.05, 0) is 61.2 Å². The van der Waals surface area contributed by atoms with Gasteiger partial charge in [0.05, 0.1) is 30.9 Å². The van der Waals surface area contributed by atoms with E-state index in [1.807, 2.05) is 35.9 Å². The van der Waals surface area contributed by atoms with E-state index in [1.165, 1.54) is 0 Å². The Hall–Kier alpha value is -4.39. The molecule has 0 amide bonds. The first-order valence-electron chi connectivity index (χ1n) is 11.2. The van der Waals surface area contributed by atoms with Crippen LogP contribution >= 0.6 is 0 Å². The van der Waals surface area contributed by atoms with Crippen LogP contribution in [0.1, 0.15) is 41.3 Å². The predicted octanol–water partition coefficient (Wildman–Crippen LogP) is 4.97. The van der Waals surface area contributed by atoms with E-state index in [9.17, 15) is 18.4 Å². The highest BCUT2D eigenvalue weighted by molar-refractivity contribution is 5.69. The largest absolute Gasteiger partial charge is 0.495 e. The molecule has 5 rings (SSSR count). The fourth-order valence-corrected chi connectivity index (χ4v) is 4.49. The minimum atomic E-state index is -1.57. The first-order chi connectivity index (χ1) is 17.3. The number of halogens is 3. The molecule has 0 bridgehead atoms. The summed E-state index contributed by atoms with van der Waals surface area (Å²) in [5.41, 5.74) is 1.12. The fraction of sp³-hybridized carbons (Fsp3) is 0.231. The third-order valence-corrected chi connectivity index (χ3v) is 6.28. The van der Waals surface area contributed by atoms with E-state index in [4.69, 9.17) is 4.74 Å². The number of nitrogens with zero attached hydrogens (tertiary/aromatic N) is 6. The van der Waals surface area contributed by atoms with Crippen molar-refractivity contribution in [1.82, 2.24) is 24.3 Å². The maximum absolute atomic E-state index is 14.0. The molecule has 1 atom stereocenters. The Morgan fingerprint density at radius 3 is 2.58 bits per heavy atom. The van der Waals surface area contributed by atoms with Crippen molar-refractivity contribution >= 4 is 12.2 Å². The van der Waals surface area contributed by atoms with Crippen LogP contribution in [0.2, 0.25) is 0 Å². The van der Waals surface area contributed by atoms with E-state index in [1.54, 1.807) is 30.3 Å². The number of fused-ring (bicyclic) bond motifs is 1. The smallest absolute Gasteiger partial charge is 0.194 e. The molecule has 0 saturated heterocycles. The molecular weight excluding hydrogens is 469 g/mol. The maximum atomic E-state index is 14.0. The zero-order valence-corrected chi connectivity index (χ0v) is 19.5. The lowest BCUT2D eigenvalue weighted by Crippen LogP contribution is -2.35. The number of hydrogen-bond acceptors (Lipinski definition) is 5. The highest BCUT2D eigenvalue weighted by Crippen LogP contribution is 2.39. The second-order valence-corrected chi connectivity index (χ2v) is 8.58. The van der Waals surface area contributed by atoms with Gasteiger partial charge in [0.1, 0.15) is 11.2 Å². The Balaban J connectivity index is 1.49. The number of nitriles is 1. The maximum Gasteiger partial charge on any atom is 0.194 e. The molecule has 182 valence electrons. The zero-order valence-electron chi connectivity index (χ0n) is 19.5. The molecule has 3 heterocycles. The van der Waals surface area contributed by atoms with Crippen LogP contribution in [0.5, 0.6) is 5.75 Å². The summed E-state index contributed by atoms with van der Waals surface area (Å²) in [6.07, 6.45) is 7.92. The van der Waals surface area contributed by atoms with Crippen LogP contribution in [0.25, 0.3) is 17.8 Å². The van der Waals surface area contributed by atoms with E-state index >= 15 is 0 Å². The summed E-state index contributed by atoms with van der Waals surface area (Å²) in [4.78, 5) is 8.76. The predicted molar refractivity (Wildman–Crippen MR) is 126 cm³/mol. The molecule has 0 aliphatic carbocycles. The average Bonchev–Trinajstić information content (AvgIpc) is 3.51. The summed E-state index contributed by atoms with van der Waals surface area (Å²) in [5, 5.41) is 14.6. The van der Waals surface area contributed by atoms with E-state index in [2.05, 4.69) is 21.1 Å². The quantitative estimate of drug-likeness (QED) is 0.369. The van der Waals surface area contributed by atoms with Crippen molar-refractivity contribution in [3.63, 3.8) is 0 Å². The number of hydrogen-bond donors (Lipinski definition) is 0. The van der Waals surface area contributed by atoms with Gasteiger partial charge in [-0.1, -0.05) is 12.1 Å². The highest BCUT2D eigenvalue weighted by atomic mass is 19.2. The average molecular weight is 490 g/mol. The topological polar surface area (TPSA) is 81.5 Å². The van der Waals surface area contributed by atoms with Gasteiger partial charge in [0.25, 0.3) is 0 Å². The second-order valence-electron chi connectivity index (χ2n) is 8.58. The molecule has 0 radical (unpaired) electrons. The molecule has 0 saturated carbocycles. The molecule has 2 aromatic heterocycles. The molecule has 36 heavy (non-hydrogen) atoms. The summed E-state index contributed by atoms with van der Waals surface area (Å²) in [6, 6.07) is 9.55. The van der Waals surface area contributed by atoms with Crippen LogP contribution in [0.4, 0.5) is 13.2 Å². The standard InChI is InChI=1S/C26H21F3N6O/c1-16-13-34(15-31-16)21-6-4-17(10-22(21)36-2)5-7-23-32-25-26(14-30,8-3-9-35(25)33-23)18-11-19(27)24(29)20(28)12-18/h4-7,10-13,15H,3,8-9H2,1-2H3. The van der Waals surface area contributed by atoms with Crippen LogP contribution < -0.4 is 4.74 Å². The Morgan fingerprint density at radius 2 is 1.92 bits per heavy atom. The van der Waals surface area contributed by atoms with E-state index < -0.39 is 22.9 Å². The lowest BCUT2D eigenvalue weighted by Gasteiger charge is -2.30. The summed E-state index contributed by atoms with van der Waals surface area (Å²) in [7, 11) is 1.59. The molecule has 2 aromatic carbocycles. The molecule has 4 aromatic rings. The summed E-state index contributed by atoms with van der Waals surface area (Å²) in [6.45, 7) is 2.40. The molecule has 1 aliphatic rings. The number of benzene rings is 2. The molecule has 1 aliphatic heterocycles. The minimum Gasteiger partial charge on any atom is -0.495 e. The molecule has 0 fully saturated rings. The van der Waals surface area contributed by atoms with E-state index in [0.29, 0.717) is 24.5 Å². The molecular formula is C26H21F3N6O. The Morgan fingerprint density at radius 1 is 1.14 bits per heavy atom. The first-order valence-corrected chi connectivity index (χ1v) is 11.2. The van der Waals surface area contributed by atoms with E-state index in [-0.39, 0.29) is 17.8 Å². The van der Waals surface area contributed by atoms with Gasteiger partial charge < -0.3 is 9.30 Å². The first kappa shape index (κ1) is 23.4. The van der Waals surface area contributed by atoms with Crippen molar-refractivity contribution < 1.29 is 17.9 Å². The normalized spacial score (nSPS) is 17.2. The number of methoxy groups -OCH3 is 1. The number of aromatic nitrogens is 5. The van der Waals surface area contributed by atoms with E-state index in [0.717, 1.165) is 29.1 Å². The molecule has 0 N–H and O–H groups in total. The Labute approximate surface area is 205 Å². The number of ether oxygens (including phenoxy) is 1. The van der Waals surface area contributed by atoms with Crippen LogP contribution in [0.3, 0.4) is 0 Å². The van der Waals surface area contributed by atoms with Crippen molar-refractivity contribution in [2.24, 2.45) is 0 Å². The van der Waals surface area contributed by atoms with Crippen LogP contribution in [0.15, 0.2) is 42.9 Å². The van der Waals surface area contributed by atoms with Gasteiger partial charge in [-0.2, -0.15) is 10.4 Å². The van der Waals surface area contributed by atoms with Crippen LogP contribution in [0, 0.1) is 35.7 Å². The summed E-state index contributed by atoms with van der Waals surface area (Å²) in [5.74, 6) is -3.01. The van der Waals surface area contributed by atoms with Crippen molar-refractivity contribution in [2.75, 3.05) is 7.11 Å². The lowest BCUT2D eigenvalue weighted by molar-refractivity contribution is 0.385. The van der Waals surface area contributed by atoms with Gasteiger partial charge in [0, 0.05) is 12.7 Å². The van der Waals surface area contributed by atoms with Gasteiger partial charge in [-0.3, -0.25) is 0 Å². The van der Waals surface area contributed by atoms with Crippen LogP contribution in [-0.4, -0.2) is 31.4 Å². The van der Waals surface area contributed by atoms with Crippen molar-refractivity contribution in [2.45, 2.75) is 31.7 Å². The molecule has 0 spiro atoms. The third kappa shape index (κ3) is 3.92. The summed E-state index contributed by atoms with van der Waals surface area (Å²) < 4.78 is 50.5. The number of rotatable bonds is 5. The Bertz CT molecular complexity index is 1510. The molecule has 1 unspecified atom stereocenters. The monoisotopic (exact) mass is 490 g/mol. The summed E-state index contributed by atoms with van der Waals surface area (Å²) >= 11 is 0. The van der Waals surface area contributed by atoms with Gasteiger partial charge in [0.15, 0.2) is 29.1 Å². The number of imidazole rings is 1. The van der Waals surface area contributed by atoms with Gasteiger partial charge >= 0.3 is 0 Å². The van der Waals surface area contributed by atoms with Gasteiger partial charge in [-0.25, -0.2) is 27.8 Å². The minimum absolute atomic E-state index is 0.0142.